The summed E-state index contributed by atoms with van der Waals surface area (Å²) >= 11 is 0. The molecule has 0 aliphatic carbocycles. The van der Waals surface area contributed by atoms with Crippen LogP contribution >= 0.6 is 0 Å². The van der Waals surface area contributed by atoms with Crippen LogP contribution in [0.4, 0.5) is 0 Å². The Bertz CT molecular complexity index is 992. The molecule has 5 nitrogen and oxygen atoms in total. The van der Waals surface area contributed by atoms with Crippen LogP contribution in [0.3, 0.4) is 0 Å². The number of aryl methyl sites for hydroxylation is 1. The molecule has 1 aliphatic heterocycles. The summed E-state index contributed by atoms with van der Waals surface area (Å²) in [6.07, 6.45) is 2.79. The van der Waals surface area contributed by atoms with Crippen molar-refractivity contribution in [1.82, 2.24) is 9.62 Å². The van der Waals surface area contributed by atoms with Crippen LogP contribution in [0.5, 0.6) is 0 Å². The minimum Gasteiger partial charge on any atom is -0.346 e. The second kappa shape index (κ2) is 9.31. The van der Waals surface area contributed by atoms with E-state index in [0.717, 1.165) is 30.4 Å². The van der Waals surface area contributed by atoms with E-state index in [1.807, 2.05) is 26.0 Å². The number of carbonyl (C=O) groups is 1. The molecule has 2 aromatic rings. The van der Waals surface area contributed by atoms with Crippen molar-refractivity contribution in [2.75, 3.05) is 13.1 Å². The van der Waals surface area contributed by atoms with Crippen molar-refractivity contribution in [2.45, 2.75) is 57.9 Å². The summed E-state index contributed by atoms with van der Waals surface area (Å²) in [5.74, 6) is 0.338. The molecule has 0 unspecified atom stereocenters. The number of benzene rings is 2. The van der Waals surface area contributed by atoms with E-state index in [1.165, 1.54) is 15.9 Å². The number of nitrogens with one attached hydrogen (secondary N) is 1. The normalized spacial score (nSPS) is 16.0. The zero-order chi connectivity index (χ0) is 21.9. The molecule has 0 saturated carbocycles. The number of carbonyl (C=O) groups excluding carboxylic acids is 1. The van der Waals surface area contributed by atoms with Crippen LogP contribution in [0.15, 0.2) is 47.4 Å². The van der Waals surface area contributed by atoms with Crippen molar-refractivity contribution in [3.63, 3.8) is 0 Å². The molecule has 0 bridgehead atoms. The van der Waals surface area contributed by atoms with Crippen LogP contribution in [0.25, 0.3) is 0 Å². The first-order valence-electron chi connectivity index (χ1n) is 10.7. The monoisotopic (exact) mass is 428 g/mol. The summed E-state index contributed by atoms with van der Waals surface area (Å²) < 4.78 is 27.2. The molecule has 162 valence electrons. The van der Waals surface area contributed by atoms with Crippen LogP contribution in [-0.4, -0.2) is 31.7 Å². The number of hydrogen-bond donors (Lipinski definition) is 1. The number of hydrogen-bond acceptors (Lipinski definition) is 3. The summed E-state index contributed by atoms with van der Waals surface area (Å²) in [4.78, 5) is 13.1. The van der Waals surface area contributed by atoms with Gasteiger partial charge in [-0.3, -0.25) is 4.79 Å². The van der Waals surface area contributed by atoms with E-state index >= 15 is 0 Å². The predicted octanol–water partition coefficient (Wildman–Crippen LogP) is 4.47. The van der Waals surface area contributed by atoms with Gasteiger partial charge >= 0.3 is 0 Å². The van der Waals surface area contributed by atoms with Gasteiger partial charge in [0.05, 0.1) is 10.9 Å². The highest BCUT2D eigenvalue weighted by Crippen LogP contribution is 2.24. The van der Waals surface area contributed by atoms with Crippen LogP contribution in [-0.2, 0) is 16.4 Å². The molecule has 30 heavy (non-hydrogen) atoms. The predicted molar refractivity (Wildman–Crippen MR) is 120 cm³/mol. The topological polar surface area (TPSA) is 66.5 Å². The Kier molecular flexibility index (Phi) is 6.98. The van der Waals surface area contributed by atoms with Crippen molar-refractivity contribution in [3.8, 4) is 0 Å². The fourth-order valence-corrected chi connectivity index (χ4v) is 5.40. The van der Waals surface area contributed by atoms with Crippen LogP contribution in [0, 0.1) is 12.8 Å². The average Bonchev–Trinajstić information content (AvgIpc) is 3.24. The van der Waals surface area contributed by atoms with Crippen molar-refractivity contribution in [1.29, 1.82) is 0 Å². The third-order valence-corrected chi connectivity index (χ3v) is 7.52. The van der Waals surface area contributed by atoms with E-state index < -0.39 is 10.0 Å². The highest BCUT2D eigenvalue weighted by atomic mass is 32.2. The van der Waals surface area contributed by atoms with Crippen molar-refractivity contribution in [3.05, 3.63) is 64.7 Å². The minimum absolute atomic E-state index is 0.177. The third kappa shape index (κ3) is 5.10. The Labute approximate surface area is 180 Å². The van der Waals surface area contributed by atoms with Gasteiger partial charge in [-0.25, -0.2) is 8.42 Å². The lowest BCUT2D eigenvalue weighted by molar-refractivity contribution is 0.0939. The van der Waals surface area contributed by atoms with Gasteiger partial charge in [0.2, 0.25) is 10.0 Å². The summed E-state index contributed by atoms with van der Waals surface area (Å²) in [5, 5.41) is 3.01. The van der Waals surface area contributed by atoms with Gasteiger partial charge in [0, 0.05) is 18.7 Å². The molecule has 1 atom stereocenters. The maximum Gasteiger partial charge on any atom is 0.252 e. The summed E-state index contributed by atoms with van der Waals surface area (Å²) in [5.41, 5.74) is 3.46. The van der Waals surface area contributed by atoms with Gasteiger partial charge in [0.1, 0.15) is 0 Å². The Balaban J connectivity index is 1.76. The first kappa shape index (κ1) is 22.5. The number of nitrogens with zero attached hydrogens (tertiary/aromatic N) is 1. The van der Waals surface area contributed by atoms with Gasteiger partial charge in [-0.1, -0.05) is 44.2 Å². The smallest absolute Gasteiger partial charge is 0.252 e. The molecule has 1 saturated heterocycles. The molecule has 0 spiro atoms. The molecule has 1 amide bonds. The zero-order valence-electron chi connectivity index (χ0n) is 18.3. The van der Waals surface area contributed by atoms with Crippen molar-refractivity contribution in [2.24, 2.45) is 5.92 Å². The molecular formula is C24H32N2O3S. The minimum atomic E-state index is -3.55. The maximum absolute atomic E-state index is 12.9. The van der Waals surface area contributed by atoms with E-state index in [1.54, 1.807) is 12.1 Å². The summed E-state index contributed by atoms with van der Waals surface area (Å²) in [6.45, 7) is 9.24. The number of sulfonamides is 1. The van der Waals surface area contributed by atoms with Gasteiger partial charge < -0.3 is 5.32 Å². The molecule has 3 rings (SSSR count). The molecule has 6 heteroatoms. The number of rotatable bonds is 7. The molecule has 0 radical (unpaired) electrons. The standard InChI is InChI=1S/C24H32N2O3S/c1-17(2)15-20-8-10-21(11-9-20)19(4)25-24(27)23-16-22(12-7-18(23)3)30(28,29)26-13-5-6-14-26/h7-12,16-17,19H,5-6,13-15H2,1-4H3,(H,25,27)/t19-/m0/s1. The molecule has 1 fully saturated rings. The van der Waals surface area contributed by atoms with E-state index in [4.69, 9.17) is 0 Å². The lowest BCUT2D eigenvalue weighted by Crippen LogP contribution is -2.29. The lowest BCUT2D eigenvalue weighted by Gasteiger charge is -2.18. The van der Waals surface area contributed by atoms with E-state index in [9.17, 15) is 13.2 Å². The van der Waals surface area contributed by atoms with Gasteiger partial charge in [-0.2, -0.15) is 4.31 Å². The second-order valence-corrected chi connectivity index (χ2v) is 10.6. The fourth-order valence-electron chi connectivity index (χ4n) is 3.86. The Morgan fingerprint density at radius 3 is 2.27 bits per heavy atom. The summed E-state index contributed by atoms with van der Waals surface area (Å²) in [7, 11) is -3.55. The summed E-state index contributed by atoms with van der Waals surface area (Å²) in [6, 6.07) is 12.9. The average molecular weight is 429 g/mol. The quantitative estimate of drug-likeness (QED) is 0.708. The number of amides is 1. The zero-order valence-corrected chi connectivity index (χ0v) is 19.1. The highest BCUT2D eigenvalue weighted by Gasteiger charge is 2.28. The Morgan fingerprint density at radius 1 is 1.03 bits per heavy atom. The van der Waals surface area contributed by atoms with Gasteiger partial charge in [0.15, 0.2) is 0 Å². The molecule has 1 N–H and O–H groups in total. The first-order chi connectivity index (χ1) is 14.2. The highest BCUT2D eigenvalue weighted by molar-refractivity contribution is 7.89. The van der Waals surface area contributed by atoms with Gasteiger partial charge in [0.25, 0.3) is 5.91 Å². The second-order valence-electron chi connectivity index (χ2n) is 8.62. The molecule has 0 aromatic heterocycles. The van der Waals surface area contributed by atoms with E-state index in [0.29, 0.717) is 24.6 Å². The SMILES string of the molecule is Cc1ccc(S(=O)(=O)N2CCCC2)cc1C(=O)N[C@@H](C)c1ccc(CC(C)C)cc1. The largest absolute Gasteiger partial charge is 0.346 e. The van der Waals surface area contributed by atoms with Gasteiger partial charge in [-0.15, -0.1) is 0 Å². The van der Waals surface area contributed by atoms with E-state index in [2.05, 4.69) is 31.3 Å². The van der Waals surface area contributed by atoms with Crippen LogP contribution < -0.4 is 5.32 Å². The Hall–Kier alpha value is -2.18. The molecule has 1 heterocycles. The van der Waals surface area contributed by atoms with Crippen LogP contribution in [0.2, 0.25) is 0 Å². The fraction of sp³-hybridized carbons (Fsp3) is 0.458. The van der Waals surface area contributed by atoms with E-state index in [-0.39, 0.29) is 16.8 Å². The lowest BCUT2D eigenvalue weighted by atomic mass is 9.99. The van der Waals surface area contributed by atoms with Crippen molar-refractivity contribution < 1.29 is 13.2 Å². The molecule has 2 aromatic carbocycles. The molecular weight excluding hydrogens is 396 g/mol. The molecule has 1 aliphatic rings. The first-order valence-corrected chi connectivity index (χ1v) is 12.1. The third-order valence-electron chi connectivity index (χ3n) is 5.63. The van der Waals surface area contributed by atoms with Gasteiger partial charge in [-0.05, 0) is 67.9 Å². The van der Waals surface area contributed by atoms with Crippen molar-refractivity contribution >= 4 is 15.9 Å². The maximum atomic E-state index is 12.9. The van der Waals surface area contributed by atoms with Crippen LogP contribution in [0.1, 0.15) is 66.7 Å². The Morgan fingerprint density at radius 2 is 1.67 bits per heavy atom.